The zero-order valence-corrected chi connectivity index (χ0v) is 29.0. The normalized spacial score (nSPS) is 14.2. The van der Waals surface area contributed by atoms with E-state index in [1.54, 1.807) is 0 Å². The minimum atomic E-state index is -1.82. The van der Waals surface area contributed by atoms with Crippen LogP contribution < -0.4 is 15.2 Å². The Kier molecular flexibility index (Phi) is 14.6. The number of aliphatic carboxylic acids is 4. The SMILES string of the molecule is Nc1cc(Cc2c(-c3ccc(OCCN4CCCC4)cc3)sc3ccccc23)ccc1OCCN1CCCC1.O=C(O)C(=O)O.O=C(O)C(=O)O. The molecule has 6 N–H and O–H groups in total. The number of rotatable bonds is 11. The van der Waals surface area contributed by atoms with Crippen molar-refractivity contribution >= 4 is 51.0 Å². The molecule has 0 radical (unpaired) electrons. The molecule has 0 saturated carbocycles. The Balaban J connectivity index is 0.000000420. The van der Waals surface area contributed by atoms with E-state index in [-0.39, 0.29) is 0 Å². The molecule has 0 atom stereocenters. The monoisotopic (exact) mass is 721 g/mol. The van der Waals surface area contributed by atoms with Crippen molar-refractivity contribution in [1.82, 2.24) is 9.80 Å². The summed E-state index contributed by atoms with van der Waals surface area (Å²) >= 11 is 1.86. The van der Waals surface area contributed by atoms with Gasteiger partial charge in [0.2, 0.25) is 0 Å². The minimum absolute atomic E-state index is 0.681. The number of carboxylic acid groups (broad SMARTS) is 4. The van der Waals surface area contributed by atoms with Crippen LogP contribution in [0.5, 0.6) is 11.5 Å². The third-order valence-corrected chi connectivity index (χ3v) is 9.64. The Labute approximate surface area is 299 Å². The van der Waals surface area contributed by atoms with Gasteiger partial charge in [0.05, 0.1) is 5.69 Å². The molecule has 2 saturated heterocycles. The van der Waals surface area contributed by atoms with Crippen LogP contribution in [0.25, 0.3) is 20.5 Å². The van der Waals surface area contributed by atoms with E-state index in [1.807, 2.05) is 17.4 Å². The van der Waals surface area contributed by atoms with Gasteiger partial charge in [-0.2, -0.15) is 0 Å². The van der Waals surface area contributed by atoms with Crippen molar-refractivity contribution < 1.29 is 49.1 Å². The van der Waals surface area contributed by atoms with Crippen molar-refractivity contribution in [2.45, 2.75) is 32.1 Å². The van der Waals surface area contributed by atoms with Crippen molar-refractivity contribution in [3.8, 4) is 21.9 Å². The Morgan fingerprint density at radius 2 is 1.22 bits per heavy atom. The number of ether oxygens (including phenoxy) is 2. The summed E-state index contributed by atoms with van der Waals surface area (Å²) < 4.78 is 13.4. The van der Waals surface area contributed by atoms with Crippen LogP contribution in [0.3, 0.4) is 0 Å². The summed E-state index contributed by atoms with van der Waals surface area (Å²) in [4.78, 5) is 42.7. The number of nitrogens with two attached hydrogens (primary N) is 1. The summed E-state index contributed by atoms with van der Waals surface area (Å²) in [5.41, 5.74) is 10.9. The largest absolute Gasteiger partial charge is 0.492 e. The molecule has 3 aromatic carbocycles. The number of anilines is 1. The first kappa shape index (κ1) is 38.6. The van der Waals surface area contributed by atoms with Crippen LogP contribution in [0.4, 0.5) is 5.69 Å². The average molecular weight is 722 g/mol. The maximum atomic E-state index is 9.10. The molecular formula is C37H43N3O10S. The lowest BCUT2D eigenvalue weighted by Gasteiger charge is -2.16. The number of hydrogen-bond acceptors (Lipinski definition) is 10. The van der Waals surface area contributed by atoms with E-state index in [0.29, 0.717) is 12.3 Å². The molecule has 2 fully saturated rings. The van der Waals surface area contributed by atoms with Gasteiger partial charge in [0.15, 0.2) is 0 Å². The highest BCUT2D eigenvalue weighted by atomic mass is 32.1. The van der Waals surface area contributed by atoms with Gasteiger partial charge in [0.25, 0.3) is 0 Å². The fourth-order valence-electron chi connectivity index (χ4n) is 5.84. The zero-order valence-electron chi connectivity index (χ0n) is 28.2. The molecule has 2 aliphatic rings. The number of nitrogens with zero attached hydrogens (tertiary/aromatic N) is 2. The van der Waals surface area contributed by atoms with E-state index in [0.717, 1.165) is 37.6 Å². The summed E-state index contributed by atoms with van der Waals surface area (Å²) in [5.74, 6) is -5.57. The summed E-state index contributed by atoms with van der Waals surface area (Å²) in [6.07, 6.45) is 6.05. The van der Waals surface area contributed by atoms with Gasteiger partial charge in [-0.05, 0) is 123 Å². The van der Waals surface area contributed by atoms with E-state index in [4.69, 9.17) is 54.8 Å². The highest BCUT2D eigenvalue weighted by molar-refractivity contribution is 7.22. The second-order valence-electron chi connectivity index (χ2n) is 12.0. The lowest BCUT2D eigenvalue weighted by Crippen LogP contribution is -2.25. The number of nitrogen functional groups attached to an aromatic ring is 1. The molecule has 14 heteroatoms. The number of likely N-dealkylation sites (tertiary alicyclic amines) is 2. The molecule has 51 heavy (non-hydrogen) atoms. The number of carboxylic acids is 4. The maximum Gasteiger partial charge on any atom is 0.414 e. The van der Waals surface area contributed by atoms with Crippen molar-refractivity contribution in [3.05, 3.63) is 77.9 Å². The highest BCUT2D eigenvalue weighted by Crippen LogP contribution is 2.40. The van der Waals surface area contributed by atoms with Crippen molar-refractivity contribution in [1.29, 1.82) is 0 Å². The first-order valence-corrected chi connectivity index (χ1v) is 17.5. The molecular weight excluding hydrogens is 678 g/mol. The Hall–Kier alpha value is -5.18. The topological polar surface area (TPSA) is 200 Å². The van der Waals surface area contributed by atoms with Crippen LogP contribution in [-0.4, -0.2) is 107 Å². The van der Waals surface area contributed by atoms with Gasteiger partial charge < -0.3 is 35.6 Å². The average Bonchev–Trinajstić information content (AvgIpc) is 3.90. The minimum Gasteiger partial charge on any atom is -0.492 e. The van der Waals surface area contributed by atoms with E-state index >= 15 is 0 Å². The number of benzene rings is 3. The van der Waals surface area contributed by atoms with Crippen LogP contribution in [-0.2, 0) is 25.6 Å². The molecule has 0 bridgehead atoms. The van der Waals surface area contributed by atoms with E-state index in [1.165, 1.54) is 83.5 Å². The van der Waals surface area contributed by atoms with Gasteiger partial charge in [0.1, 0.15) is 24.7 Å². The zero-order chi connectivity index (χ0) is 36.8. The smallest absolute Gasteiger partial charge is 0.414 e. The van der Waals surface area contributed by atoms with Gasteiger partial charge in [-0.15, -0.1) is 11.3 Å². The van der Waals surface area contributed by atoms with Gasteiger partial charge >= 0.3 is 23.9 Å². The lowest BCUT2D eigenvalue weighted by molar-refractivity contribution is -0.159. The molecule has 0 unspecified atom stereocenters. The Morgan fingerprint density at radius 1 is 0.686 bits per heavy atom. The van der Waals surface area contributed by atoms with Crippen molar-refractivity contribution in [3.63, 3.8) is 0 Å². The van der Waals surface area contributed by atoms with Gasteiger partial charge in [0, 0.05) is 22.7 Å². The summed E-state index contributed by atoms with van der Waals surface area (Å²) in [7, 11) is 0. The Morgan fingerprint density at radius 3 is 1.75 bits per heavy atom. The predicted octanol–water partition coefficient (Wildman–Crippen LogP) is 5.00. The van der Waals surface area contributed by atoms with Crippen LogP contribution >= 0.6 is 11.3 Å². The molecule has 2 aliphatic heterocycles. The van der Waals surface area contributed by atoms with E-state index in [9.17, 15) is 0 Å². The summed E-state index contributed by atoms with van der Waals surface area (Å²) in [6.45, 7) is 8.18. The molecule has 6 rings (SSSR count). The van der Waals surface area contributed by atoms with Crippen molar-refractivity contribution in [2.24, 2.45) is 0 Å². The lowest BCUT2D eigenvalue weighted by atomic mass is 9.98. The third-order valence-electron chi connectivity index (χ3n) is 8.37. The van der Waals surface area contributed by atoms with Crippen LogP contribution in [0.2, 0.25) is 0 Å². The van der Waals surface area contributed by atoms with Crippen molar-refractivity contribution in [2.75, 3.05) is 58.2 Å². The molecule has 272 valence electrons. The number of carbonyl (C=O) groups is 4. The second-order valence-corrected chi connectivity index (χ2v) is 13.0. The standard InChI is InChI=1S/C33H39N3O2S.2C2H2O4/c34-30-24-25(9-14-31(30)38-22-20-36-17-5-6-18-36)23-29-28-7-1-2-8-32(28)39-33(29)26-10-12-27(13-11-26)37-21-19-35-15-3-4-16-35;2*3-1(4)2(5)6/h1-2,7-14,24H,3-6,15-23,34H2;2*(H,3,4)(H,5,6). The van der Waals surface area contributed by atoms with Gasteiger partial charge in [-0.1, -0.05) is 24.3 Å². The molecule has 0 spiro atoms. The maximum absolute atomic E-state index is 9.10. The van der Waals surface area contributed by atoms with E-state index in [2.05, 4.69) is 70.5 Å². The quantitative estimate of drug-likeness (QED) is 0.102. The third kappa shape index (κ3) is 12.0. The Bertz CT molecular complexity index is 1730. The fourth-order valence-corrected chi connectivity index (χ4v) is 7.07. The highest BCUT2D eigenvalue weighted by Gasteiger charge is 2.17. The summed E-state index contributed by atoms with van der Waals surface area (Å²) in [5, 5.41) is 30.9. The molecule has 0 aliphatic carbocycles. The molecule has 3 heterocycles. The van der Waals surface area contributed by atoms with Crippen LogP contribution in [0, 0.1) is 0 Å². The number of thiophene rings is 1. The molecule has 13 nitrogen and oxygen atoms in total. The number of fused-ring (bicyclic) bond motifs is 1. The molecule has 4 aromatic rings. The first-order chi connectivity index (χ1) is 24.5. The first-order valence-electron chi connectivity index (χ1n) is 16.6. The number of hydrogen-bond donors (Lipinski definition) is 5. The van der Waals surface area contributed by atoms with Gasteiger partial charge in [-0.25, -0.2) is 19.2 Å². The second kappa shape index (κ2) is 19.3. The van der Waals surface area contributed by atoms with Crippen LogP contribution in [0.15, 0.2) is 66.7 Å². The van der Waals surface area contributed by atoms with E-state index < -0.39 is 23.9 Å². The molecule has 1 aromatic heterocycles. The predicted molar refractivity (Wildman–Crippen MR) is 194 cm³/mol. The summed E-state index contributed by atoms with van der Waals surface area (Å²) in [6, 6.07) is 23.6. The van der Waals surface area contributed by atoms with Crippen LogP contribution in [0.1, 0.15) is 36.8 Å². The van der Waals surface area contributed by atoms with Gasteiger partial charge in [-0.3, -0.25) is 9.80 Å². The fraction of sp³-hybridized carbons (Fsp3) is 0.351. The molecule has 0 amide bonds.